The number of likely N-dealkylation sites (N-methyl/N-ethyl adjacent to an activating group) is 1. The number of Topliss-reactive ketones (excluding diaryl/α,β-unsaturated/α-hetero) is 1. The van der Waals surface area contributed by atoms with Crippen molar-refractivity contribution in [3.63, 3.8) is 0 Å². The van der Waals surface area contributed by atoms with Crippen molar-refractivity contribution < 1.29 is 28.3 Å². The Hall–Kier alpha value is -3.59. The third-order valence-electron chi connectivity index (χ3n) is 6.29. The number of cyclic esters (lactones) is 1. The van der Waals surface area contributed by atoms with Gasteiger partial charge in [0.2, 0.25) is 0 Å². The number of hydrogen-bond acceptors (Lipinski definition) is 8. The van der Waals surface area contributed by atoms with E-state index >= 15 is 4.39 Å². The van der Waals surface area contributed by atoms with E-state index in [4.69, 9.17) is 14.3 Å². The normalized spacial score (nSPS) is 18.6. The molecule has 10 heteroatoms. The van der Waals surface area contributed by atoms with Crippen molar-refractivity contribution in [3.05, 3.63) is 59.9 Å². The van der Waals surface area contributed by atoms with Crippen LogP contribution < -0.4 is 9.80 Å². The minimum atomic E-state index is -0.497. The van der Waals surface area contributed by atoms with Gasteiger partial charge >= 0.3 is 12.2 Å². The molecule has 192 valence electrons. The topological polar surface area (TPSA) is 90.5 Å². The molecule has 0 aliphatic carbocycles. The molecule has 2 aliphatic heterocycles. The Balaban J connectivity index is 0.00000115. The Morgan fingerprint density at radius 1 is 1.08 bits per heavy atom. The molecule has 36 heavy (non-hydrogen) atoms. The SMILES string of the molecule is CC(=O)CC[C@H]1CN(c2ccc(N3CCN(C)N(Cc4ccccc4)CC3)c(F)c2)C(=O)O1.O=C=O. The Bertz CT molecular complexity index is 1080. The number of nitrogens with zero attached hydrogens (tertiary/aromatic N) is 4. The van der Waals surface area contributed by atoms with E-state index in [0.29, 0.717) is 43.9 Å². The van der Waals surface area contributed by atoms with Crippen LogP contribution in [0.4, 0.5) is 20.6 Å². The number of halogens is 1. The molecule has 9 nitrogen and oxygen atoms in total. The summed E-state index contributed by atoms with van der Waals surface area (Å²) in [7, 11) is 2.06. The molecule has 0 aromatic heterocycles. The minimum absolute atomic E-state index is 0.0605. The first-order valence-corrected chi connectivity index (χ1v) is 11.8. The maximum absolute atomic E-state index is 15.1. The van der Waals surface area contributed by atoms with Crippen molar-refractivity contribution in [3.8, 4) is 0 Å². The summed E-state index contributed by atoms with van der Waals surface area (Å²) in [6, 6.07) is 15.2. The van der Waals surface area contributed by atoms with Gasteiger partial charge in [-0.05, 0) is 37.1 Å². The summed E-state index contributed by atoms with van der Waals surface area (Å²) in [5.74, 6) is -0.294. The van der Waals surface area contributed by atoms with E-state index < -0.39 is 6.09 Å². The van der Waals surface area contributed by atoms with E-state index in [0.717, 1.165) is 19.6 Å². The minimum Gasteiger partial charge on any atom is -0.444 e. The molecule has 2 aliphatic rings. The van der Waals surface area contributed by atoms with Gasteiger partial charge in [-0.25, -0.2) is 19.2 Å². The summed E-state index contributed by atoms with van der Waals surface area (Å²) in [5, 5.41) is 4.48. The lowest BCUT2D eigenvalue weighted by Gasteiger charge is -2.29. The molecule has 0 bridgehead atoms. The van der Waals surface area contributed by atoms with Gasteiger partial charge in [-0.3, -0.25) is 4.90 Å². The van der Waals surface area contributed by atoms with Crippen LogP contribution in [0.15, 0.2) is 48.5 Å². The van der Waals surface area contributed by atoms with Gasteiger partial charge in [-0.2, -0.15) is 9.59 Å². The van der Waals surface area contributed by atoms with E-state index in [1.165, 1.54) is 23.5 Å². The van der Waals surface area contributed by atoms with Gasteiger partial charge in [0.1, 0.15) is 17.7 Å². The van der Waals surface area contributed by atoms with Gasteiger partial charge in [-0.15, -0.1) is 0 Å². The zero-order valence-electron chi connectivity index (χ0n) is 20.6. The molecule has 1 amide bonds. The summed E-state index contributed by atoms with van der Waals surface area (Å²) in [6.07, 6.45) is 0.257. The number of benzene rings is 2. The van der Waals surface area contributed by atoms with Crippen LogP contribution in [0, 0.1) is 5.82 Å². The quantitative estimate of drug-likeness (QED) is 0.575. The van der Waals surface area contributed by atoms with Gasteiger partial charge in [0.05, 0.1) is 17.9 Å². The highest BCUT2D eigenvalue weighted by atomic mass is 19.1. The van der Waals surface area contributed by atoms with Gasteiger partial charge in [-0.1, -0.05) is 30.3 Å². The highest BCUT2D eigenvalue weighted by Gasteiger charge is 2.33. The monoisotopic (exact) mass is 498 g/mol. The molecule has 1 atom stereocenters. The highest BCUT2D eigenvalue weighted by Crippen LogP contribution is 2.29. The van der Waals surface area contributed by atoms with Gasteiger partial charge in [0, 0.05) is 46.2 Å². The fourth-order valence-electron chi connectivity index (χ4n) is 4.33. The van der Waals surface area contributed by atoms with Crippen molar-refractivity contribution in [2.24, 2.45) is 0 Å². The fraction of sp³-hybridized carbons (Fsp3) is 0.423. The number of anilines is 2. The van der Waals surface area contributed by atoms with E-state index in [1.807, 2.05) is 18.2 Å². The van der Waals surface area contributed by atoms with E-state index in [2.05, 4.69) is 34.1 Å². The molecule has 0 radical (unpaired) electrons. The number of carbonyl (C=O) groups excluding carboxylic acids is 4. The second-order valence-electron chi connectivity index (χ2n) is 8.82. The number of ether oxygens (including phenoxy) is 1. The largest absolute Gasteiger partial charge is 0.444 e. The predicted molar refractivity (Wildman–Crippen MR) is 131 cm³/mol. The Morgan fingerprint density at radius 3 is 2.44 bits per heavy atom. The molecular weight excluding hydrogens is 467 g/mol. The van der Waals surface area contributed by atoms with Gasteiger partial charge in [0.25, 0.3) is 0 Å². The zero-order chi connectivity index (χ0) is 26.1. The van der Waals surface area contributed by atoms with E-state index in [-0.39, 0.29) is 23.9 Å². The summed E-state index contributed by atoms with van der Waals surface area (Å²) < 4.78 is 20.5. The van der Waals surface area contributed by atoms with Crippen LogP contribution in [0.25, 0.3) is 0 Å². The van der Waals surface area contributed by atoms with Crippen molar-refractivity contribution in [2.45, 2.75) is 32.4 Å². The molecule has 0 N–H and O–H groups in total. The van der Waals surface area contributed by atoms with Crippen molar-refractivity contribution in [1.82, 2.24) is 10.0 Å². The number of hydrazine groups is 1. The van der Waals surface area contributed by atoms with Crippen LogP contribution in [-0.4, -0.2) is 73.9 Å². The fourth-order valence-corrected chi connectivity index (χ4v) is 4.33. The van der Waals surface area contributed by atoms with Crippen molar-refractivity contribution in [2.75, 3.05) is 49.6 Å². The zero-order valence-corrected chi connectivity index (χ0v) is 20.6. The molecular formula is C26H31FN4O5. The third-order valence-corrected chi connectivity index (χ3v) is 6.29. The first kappa shape index (κ1) is 27.0. The lowest BCUT2D eigenvalue weighted by molar-refractivity contribution is -0.191. The second-order valence-corrected chi connectivity index (χ2v) is 8.82. The van der Waals surface area contributed by atoms with Crippen molar-refractivity contribution >= 4 is 29.4 Å². The first-order valence-electron chi connectivity index (χ1n) is 11.8. The van der Waals surface area contributed by atoms with Crippen LogP contribution in [0.1, 0.15) is 25.3 Å². The van der Waals surface area contributed by atoms with Crippen LogP contribution in [0.2, 0.25) is 0 Å². The van der Waals surface area contributed by atoms with Crippen LogP contribution in [0.5, 0.6) is 0 Å². The number of hydrogen-bond donors (Lipinski definition) is 0. The average Bonchev–Trinajstić information content (AvgIpc) is 3.14. The number of amides is 1. The standard InChI is InChI=1S/C25H31FN4O3.CO2/c1-19(31)8-10-22-18-30(25(32)33-22)21-9-11-24(23(26)16-21)28-13-12-27(2)29(15-14-28)17-20-6-4-3-5-7-20;2-1-3/h3-7,9,11,16,22H,8,10,12-15,17-18H2,1-2H3;/t22-;/m0./s1. The molecule has 0 saturated carbocycles. The molecule has 0 spiro atoms. The number of ketones is 1. The van der Waals surface area contributed by atoms with E-state index in [1.54, 1.807) is 12.1 Å². The second kappa shape index (κ2) is 12.9. The van der Waals surface area contributed by atoms with Crippen molar-refractivity contribution in [1.29, 1.82) is 0 Å². The van der Waals surface area contributed by atoms with Gasteiger partial charge in [0.15, 0.2) is 0 Å². The summed E-state index contributed by atoms with van der Waals surface area (Å²) >= 11 is 0. The summed E-state index contributed by atoms with van der Waals surface area (Å²) in [6.45, 7) is 5.63. The Labute approximate surface area is 210 Å². The van der Waals surface area contributed by atoms with E-state index in [9.17, 15) is 9.59 Å². The van der Waals surface area contributed by atoms with Crippen LogP contribution >= 0.6 is 0 Å². The lowest BCUT2D eigenvalue weighted by Crippen LogP contribution is -2.40. The molecule has 2 heterocycles. The van der Waals surface area contributed by atoms with Crippen LogP contribution in [0.3, 0.4) is 0 Å². The average molecular weight is 499 g/mol. The summed E-state index contributed by atoms with van der Waals surface area (Å²) in [5.41, 5.74) is 2.26. The molecule has 2 aromatic carbocycles. The van der Waals surface area contributed by atoms with Gasteiger partial charge < -0.3 is 14.4 Å². The predicted octanol–water partition coefficient (Wildman–Crippen LogP) is 3.11. The maximum atomic E-state index is 15.1. The summed E-state index contributed by atoms with van der Waals surface area (Å²) in [4.78, 5) is 43.2. The molecule has 4 rings (SSSR count). The number of rotatable bonds is 7. The Morgan fingerprint density at radius 2 is 1.78 bits per heavy atom. The first-order chi connectivity index (χ1) is 17.3. The smallest absolute Gasteiger partial charge is 0.414 e. The number of carbonyl (C=O) groups is 2. The lowest BCUT2D eigenvalue weighted by atomic mass is 10.1. The maximum Gasteiger partial charge on any atom is 0.414 e. The Kier molecular flexibility index (Phi) is 9.69. The molecule has 2 aromatic rings. The van der Waals surface area contributed by atoms with Crippen LogP contribution in [-0.2, 0) is 25.7 Å². The molecule has 0 unspecified atom stereocenters. The molecule has 2 saturated heterocycles. The highest BCUT2D eigenvalue weighted by molar-refractivity contribution is 5.90. The third kappa shape index (κ3) is 7.21. The molecule has 2 fully saturated rings.